The molecule has 0 saturated carbocycles. The lowest BCUT2D eigenvalue weighted by Gasteiger charge is -2.40. The number of carbonyl (C=O) groups is 2. The minimum Gasteiger partial charge on any atom is -0.480 e. The molecule has 1 aromatic heterocycles. The second-order valence-electron chi connectivity index (χ2n) is 8.46. The highest BCUT2D eigenvalue weighted by Gasteiger charge is 2.43. The van der Waals surface area contributed by atoms with E-state index in [0.717, 1.165) is 31.8 Å². The number of carboxylic acids is 1. The third-order valence-electron chi connectivity index (χ3n) is 6.36. The summed E-state index contributed by atoms with van der Waals surface area (Å²) in [5.41, 5.74) is 3.88. The molecule has 2 aromatic carbocycles. The Hall–Kier alpha value is -3.27. The predicted molar refractivity (Wildman–Crippen MR) is 130 cm³/mol. The molecule has 1 saturated heterocycles. The van der Waals surface area contributed by atoms with Crippen molar-refractivity contribution in [3.05, 3.63) is 88.2 Å². The monoisotopic (exact) mass is 538 g/mol. The van der Waals surface area contributed by atoms with Crippen molar-refractivity contribution in [3.63, 3.8) is 0 Å². The van der Waals surface area contributed by atoms with Gasteiger partial charge in [-0.25, -0.2) is 9.59 Å². The molecule has 0 bridgehead atoms. The van der Waals surface area contributed by atoms with E-state index in [2.05, 4.69) is 45.2 Å². The van der Waals surface area contributed by atoms with Gasteiger partial charge in [0.15, 0.2) is 0 Å². The molecule has 0 spiro atoms. The molecular weight excluding hydrogens is 516 g/mol. The van der Waals surface area contributed by atoms with Crippen molar-refractivity contribution in [2.75, 3.05) is 26.4 Å². The van der Waals surface area contributed by atoms with Crippen LogP contribution in [-0.4, -0.2) is 53.6 Å². The number of aromatic nitrogens is 1. The van der Waals surface area contributed by atoms with E-state index in [0.29, 0.717) is 12.1 Å². The van der Waals surface area contributed by atoms with E-state index in [9.17, 15) is 14.7 Å². The number of rotatable bonds is 6. The molecule has 0 radical (unpaired) electrons. The van der Waals surface area contributed by atoms with E-state index in [4.69, 9.17) is 14.3 Å². The van der Waals surface area contributed by atoms with Gasteiger partial charge >= 0.3 is 12.1 Å². The van der Waals surface area contributed by atoms with Crippen molar-refractivity contribution in [1.82, 2.24) is 10.0 Å². The maximum atomic E-state index is 13.1. The Balaban J connectivity index is 1.33. The minimum atomic E-state index is -1.14. The van der Waals surface area contributed by atoms with Crippen LogP contribution in [0.15, 0.2) is 71.3 Å². The molecule has 5 rings (SSSR count). The fourth-order valence-corrected chi connectivity index (χ4v) is 4.94. The molecule has 1 aliphatic heterocycles. The van der Waals surface area contributed by atoms with E-state index in [1.807, 2.05) is 24.3 Å². The Morgan fingerprint density at radius 1 is 1.09 bits per heavy atom. The Bertz CT molecular complexity index is 1210. The topological polar surface area (TPSA) is 98.2 Å². The van der Waals surface area contributed by atoms with E-state index >= 15 is 0 Å². The number of carboxylic acid groups (broad SMARTS) is 1. The van der Waals surface area contributed by atoms with E-state index in [1.165, 1.54) is 0 Å². The van der Waals surface area contributed by atoms with Crippen LogP contribution in [0, 0.1) is 0 Å². The molecule has 1 atom stereocenters. The van der Waals surface area contributed by atoms with E-state index < -0.39 is 24.3 Å². The zero-order valence-electron chi connectivity index (χ0n) is 18.7. The van der Waals surface area contributed by atoms with Crippen LogP contribution in [0.25, 0.3) is 11.1 Å². The maximum absolute atomic E-state index is 13.1. The number of nitrogens with zero attached hydrogens (tertiary/aromatic N) is 2. The molecule has 9 heteroatoms. The van der Waals surface area contributed by atoms with Gasteiger partial charge in [0.1, 0.15) is 18.8 Å². The average molecular weight is 539 g/mol. The van der Waals surface area contributed by atoms with Crippen molar-refractivity contribution in [2.45, 2.75) is 17.9 Å². The summed E-state index contributed by atoms with van der Waals surface area (Å²) >= 11 is 3.35. The number of halogens is 1. The highest BCUT2D eigenvalue weighted by Crippen LogP contribution is 2.44. The van der Waals surface area contributed by atoms with Crippen LogP contribution in [0.1, 0.15) is 29.2 Å². The standard InChI is InChI=1S/C26H23BrN2O6/c27-17-9-10-23(28-13-17)26(34-15-24(30)31)11-12-35-29(16-26)25(32)33-14-22-20-7-3-1-5-18(20)19-6-2-4-8-21(19)22/h1-10,13,22H,11-12,14-16H2,(H,30,31). The van der Waals surface area contributed by atoms with Crippen molar-refractivity contribution in [2.24, 2.45) is 0 Å². The van der Waals surface area contributed by atoms with Crippen molar-refractivity contribution in [1.29, 1.82) is 0 Å². The lowest BCUT2D eigenvalue weighted by atomic mass is 9.93. The highest BCUT2D eigenvalue weighted by atomic mass is 79.9. The summed E-state index contributed by atoms with van der Waals surface area (Å²) in [6, 6.07) is 19.7. The molecule has 1 unspecified atom stereocenters. The predicted octanol–water partition coefficient (Wildman–Crippen LogP) is 4.73. The van der Waals surface area contributed by atoms with Gasteiger partial charge in [0.25, 0.3) is 0 Å². The quantitative estimate of drug-likeness (QED) is 0.484. The fourth-order valence-electron chi connectivity index (χ4n) is 4.71. The largest absolute Gasteiger partial charge is 0.480 e. The van der Waals surface area contributed by atoms with Gasteiger partial charge in [0.05, 0.1) is 18.8 Å². The first-order valence-electron chi connectivity index (χ1n) is 11.2. The Kier molecular flexibility index (Phi) is 6.55. The molecule has 2 aliphatic rings. The molecule has 1 N–H and O–H groups in total. The van der Waals surface area contributed by atoms with E-state index in [-0.39, 0.29) is 25.7 Å². The summed E-state index contributed by atoms with van der Waals surface area (Å²) in [5.74, 6) is -1.20. The molecule has 35 heavy (non-hydrogen) atoms. The van der Waals surface area contributed by atoms with Gasteiger partial charge in [-0.1, -0.05) is 48.5 Å². The van der Waals surface area contributed by atoms with Gasteiger partial charge in [-0.05, 0) is 50.3 Å². The van der Waals surface area contributed by atoms with Crippen LogP contribution in [0.2, 0.25) is 0 Å². The molecule has 2 heterocycles. The molecule has 8 nitrogen and oxygen atoms in total. The van der Waals surface area contributed by atoms with Gasteiger partial charge in [0.2, 0.25) is 0 Å². The van der Waals surface area contributed by atoms with Gasteiger partial charge in [-0.3, -0.25) is 9.82 Å². The van der Waals surface area contributed by atoms with Gasteiger partial charge < -0.3 is 14.6 Å². The van der Waals surface area contributed by atoms with Crippen molar-refractivity contribution in [3.8, 4) is 11.1 Å². The normalized spacial score (nSPS) is 19.2. The number of amides is 1. The SMILES string of the molecule is O=C(O)COC1(c2ccc(Br)cn2)CCON(C(=O)OCC2c3ccccc3-c3ccccc32)C1. The third kappa shape index (κ3) is 4.67. The van der Waals surface area contributed by atoms with Crippen LogP contribution < -0.4 is 0 Å². The van der Waals surface area contributed by atoms with Crippen LogP contribution in [0.3, 0.4) is 0 Å². The number of fused-ring (bicyclic) bond motifs is 3. The summed E-state index contributed by atoms with van der Waals surface area (Å²) in [5, 5.41) is 10.3. The number of hydroxylamine groups is 2. The zero-order chi connectivity index (χ0) is 24.4. The highest BCUT2D eigenvalue weighted by molar-refractivity contribution is 9.10. The summed E-state index contributed by atoms with van der Waals surface area (Å²) < 4.78 is 12.3. The molecule has 1 aliphatic carbocycles. The van der Waals surface area contributed by atoms with E-state index in [1.54, 1.807) is 18.3 Å². The zero-order valence-corrected chi connectivity index (χ0v) is 20.3. The van der Waals surface area contributed by atoms with Crippen molar-refractivity contribution < 1.29 is 29.0 Å². The maximum Gasteiger partial charge on any atom is 0.434 e. The molecular formula is C26H23BrN2O6. The second kappa shape index (κ2) is 9.77. The Morgan fingerprint density at radius 3 is 2.40 bits per heavy atom. The number of aliphatic carboxylic acids is 1. The first-order chi connectivity index (χ1) is 17.0. The van der Waals surface area contributed by atoms with Crippen LogP contribution in [0.5, 0.6) is 0 Å². The first-order valence-corrected chi connectivity index (χ1v) is 12.0. The van der Waals surface area contributed by atoms with Crippen molar-refractivity contribution >= 4 is 28.0 Å². The minimum absolute atomic E-state index is 0.0500. The molecule has 1 amide bonds. The summed E-state index contributed by atoms with van der Waals surface area (Å²) in [4.78, 5) is 34.3. The van der Waals surface area contributed by atoms with Gasteiger partial charge in [0, 0.05) is 23.0 Å². The first kappa shape index (κ1) is 23.5. The Morgan fingerprint density at radius 2 is 1.77 bits per heavy atom. The lowest BCUT2D eigenvalue weighted by Crippen LogP contribution is -2.51. The molecule has 1 fully saturated rings. The summed E-state index contributed by atoms with van der Waals surface area (Å²) in [6.45, 7) is -0.296. The number of benzene rings is 2. The lowest BCUT2D eigenvalue weighted by molar-refractivity contribution is -0.231. The van der Waals surface area contributed by atoms with Crippen LogP contribution in [-0.2, 0) is 24.7 Å². The average Bonchev–Trinajstić information content (AvgIpc) is 3.20. The third-order valence-corrected chi connectivity index (χ3v) is 6.83. The molecule has 180 valence electrons. The van der Waals surface area contributed by atoms with Crippen LogP contribution >= 0.6 is 15.9 Å². The smallest absolute Gasteiger partial charge is 0.434 e. The fraction of sp³-hybridized carbons (Fsp3) is 0.269. The number of hydrogen-bond donors (Lipinski definition) is 1. The summed E-state index contributed by atoms with van der Waals surface area (Å²) in [6.07, 6.45) is 1.28. The Labute approximate surface area is 210 Å². The van der Waals surface area contributed by atoms with Gasteiger partial charge in [-0.2, -0.15) is 5.06 Å². The van der Waals surface area contributed by atoms with Crippen LogP contribution in [0.4, 0.5) is 4.79 Å². The second-order valence-corrected chi connectivity index (χ2v) is 9.38. The number of pyridine rings is 1. The number of carbonyl (C=O) groups excluding carboxylic acids is 1. The molecule has 3 aromatic rings. The number of hydrogen-bond acceptors (Lipinski definition) is 6. The summed E-state index contributed by atoms with van der Waals surface area (Å²) in [7, 11) is 0. The van der Waals surface area contributed by atoms with Gasteiger partial charge in [-0.15, -0.1) is 0 Å². The number of ether oxygens (including phenoxy) is 2.